The first-order valence-electron chi connectivity index (χ1n) is 6.59. The molecule has 0 amide bonds. The summed E-state index contributed by atoms with van der Waals surface area (Å²) >= 11 is 3.37. The van der Waals surface area contributed by atoms with Gasteiger partial charge in [0.1, 0.15) is 0 Å². The molecule has 2 rings (SSSR count). The molecular formula is C14H19BrN2O2S. The van der Waals surface area contributed by atoms with E-state index in [1.807, 2.05) is 31.2 Å². The minimum atomic E-state index is -3.39. The predicted molar refractivity (Wildman–Crippen MR) is 85.5 cm³/mol. The van der Waals surface area contributed by atoms with Crippen LogP contribution in [0.5, 0.6) is 0 Å². The molecule has 1 saturated heterocycles. The molecule has 0 spiro atoms. The van der Waals surface area contributed by atoms with E-state index < -0.39 is 10.0 Å². The van der Waals surface area contributed by atoms with E-state index in [1.165, 1.54) is 9.71 Å². The Morgan fingerprint density at radius 2 is 2.20 bits per heavy atom. The number of sulfonamides is 1. The summed E-state index contributed by atoms with van der Waals surface area (Å²) in [6.07, 6.45) is 3.06. The minimum Gasteiger partial charge on any atom is -0.328 e. The van der Waals surface area contributed by atoms with Crippen molar-refractivity contribution in [2.75, 3.05) is 6.54 Å². The second kappa shape index (κ2) is 6.39. The van der Waals surface area contributed by atoms with Crippen LogP contribution < -0.4 is 5.73 Å². The molecule has 2 unspecified atom stereocenters. The van der Waals surface area contributed by atoms with Gasteiger partial charge in [-0.3, -0.25) is 0 Å². The smallest absolute Gasteiger partial charge is 0.236 e. The third-order valence-corrected chi connectivity index (χ3v) is 5.63. The second-order valence-corrected chi connectivity index (χ2v) is 7.83. The quantitative estimate of drug-likeness (QED) is 0.902. The lowest BCUT2D eigenvalue weighted by molar-refractivity contribution is 0.250. The molecule has 0 radical (unpaired) electrons. The molecule has 2 N–H and O–H groups in total. The van der Waals surface area contributed by atoms with Crippen LogP contribution in [-0.4, -0.2) is 31.4 Å². The Kier molecular flexibility index (Phi) is 5.01. The number of halogens is 1. The van der Waals surface area contributed by atoms with Gasteiger partial charge in [-0.05, 0) is 43.5 Å². The van der Waals surface area contributed by atoms with Gasteiger partial charge in [0.25, 0.3) is 0 Å². The number of nitrogens with zero attached hydrogens (tertiary/aromatic N) is 1. The van der Waals surface area contributed by atoms with Crippen molar-refractivity contribution in [2.45, 2.75) is 31.8 Å². The van der Waals surface area contributed by atoms with Gasteiger partial charge >= 0.3 is 0 Å². The lowest BCUT2D eigenvalue weighted by Crippen LogP contribution is -2.47. The van der Waals surface area contributed by atoms with Crippen LogP contribution in [0.25, 0.3) is 6.08 Å². The van der Waals surface area contributed by atoms with Gasteiger partial charge in [-0.25, -0.2) is 8.42 Å². The van der Waals surface area contributed by atoms with E-state index in [4.69, 9.17) is 5.73 Å². The maximum Gasteiger partial charge on any atom is 0.236 e. The zero-order valence-electron chi connectivity index (χ0n) is 11.4. The summed E-state index contributed by atoms with van der Waals surface area (Å²) in [5.74, 6) is 0. The molecule has 1 aromatic carbocycles. The molecule has 1 fully saturated rings. The standard InChI is InChI=1S/C14H19BrN2O2S/c1-11-9-14(16)5-7-17(11)20(18,19)8-6-12-3-2-4-13(15)10-12/h2-4,6,8,10-11,14H,5,7,9,16H2,1H3. The first-order chi connectivity index (χ1) is 9.38. The van der Waals surface area contributed by atoms with Crippen LogP contribution in [-0.2, 0) is 10.0 Å². The van der Waals surface area contributed by atoms with Gasteiger partial charge in [-0.1, -0.05) is 28.1 Å². The van der Waals surface area contributed by atoms with Crippen molar-refractivity contribution in [1.29, 1.82) is 0 Å². The number of rotatable bonds is 3. The third-order valence-electron chi connectivity index (χ3n) is 3.46. The summed E-state index contributed by atoms with van der Waals surface area (Å²) in [5.41, 5.74) is 6.72. The molecule has 110 valence electrons. The van der Waals surface area contributed by atoms with Crippen LogP contribution in [0.15, 0.2) is 34.1 Å². The largest absolute Gasteiger partial charge is 0.328 e. The highest BCUT2D eigenvalue weighted by Gasteiger charge is 2.30. The monoisotopic (exact) mass is 358 g/mol. The van der Waals surface area contributed by atoms with Crippen LogP contribution in [0.4, 0.5) is 0 Å². The Morgan fingerprint density at radius 3 is 2.85 bits per heavy atom. The summed E-state index contributed by atoms with van der Waals surface area (Å²) in [5, 5.41) is 1.28. The fraction of sp³-hybridized carbons (Fsp3) is 0.429. The Morgan fingerprint density at radius 1 is 1.45 bits per heavy atom. The molecule has 0 bridgehead atoms. The third kappa shape index (κ3) is 3.91. The minimum absolute atomic E-state index is 0.0455. The van der Waals surface area contributed by atoms with Gasteiger partial charge in [-0.2, -0.15) is 4.31 Å². The number of benzene rings is 1. The maximum absolute atomic E-state index is 12.3. The second-order valence-electron chi connectivity index (χ2n) is 5.15. The molecule has 0 saturated carbocycles. The summed E-state index contributed by atoms with van der Waals surface area (Å²) in [6.45, 7) is 2.40. The Bertz CT molecular complexity index is 601. The number of hydrogen-bond acceptors (Lipinski definition) is 3. The van der Waals surface area contributed by atoms with Gasteiger partial charge < -0.3 is 5.73 Å². The summed E-state index contributed by atoms with van der Waals surface area (Å²) < 4.78 is 27.2. The van der Waals surface area contributed by atoms with E-state index in [0.717, 1.165) is 10.0 Å². The molecule has 20 heavy (non-hydrogen) atoms. The molecule has 4 nitrogen and oxygen atoms in total. The Balaban J connectivity index is 2.15. The van der Waals surface area contributed by atoms with Crippen molar-refractivity contribution in [2.24, 2.45) is 5.73 Å². The summed E-state index contributed by atoms with van der Waals surface area (Å²) in [6, 6.07) is 7.58. The maximum atomic E-state index is 12.3. The van der Waals surface area contributed by atoms with Gasteiger partial charge in [0.15, 0.2) is 0 Å². The van der Waals surface area contributed by atoms with Crippen molar-refractivity contribution in [1.82, 2.24) is 4.31 Å². The number of nitrogens with two attached hydrogens (primary N) is 1. The molecule has 0 aliphatic carbocycles. The van der Waals surface area contributed by atoms with Crippen molar-refractivity contribution in [3.8, 4) is 0 Å². The normalized spacial score (nSPS) is 25.1. The summed E-state index contributed by atoms with van der Waals surface area (Å²) in [7, 11) is -3.39. The van der Waals surface area contributed by atoms with Crippen molar-refractivity contribution in [3.63, 3.8) is 0 Å². The van der Waals surface area contributed by atoms with Crippen LogP contribution in [0, 0.1) is 0 Å². The molecule has 1 heterocycles. The average Bonchev–Trinajstić information content (AvgIpc) is 2.36. The fourth-order valence-electron chi connectivity index (χ4n) is 2.42. The van der Waals surface area contributed by atoms with E-state index >= 15 is 0 Å². The van der Waals surface area contributed by atoms with Crippen LogP contribution in [0.3, 0.4) is 0 Å². The molecule has 2 atom stereocenters. The first-order valence-corrected chi connectivity index (χ1v) is 8.89. The molecule has 1 aliphatic heterocycles. The van der Waals surface area contributed by atoms with E-state index in [0.29, 0.717) is 19.4 Å². The number of hydrogen-bond donors (Lipinski definition) is 1. The van der Waals surface area contributed by atoms with Gasteiger partial charge in [0, 0.05) is 28.5 Å². The molecule has 1 aromatic rings. The molecule has 0 aromatic heterocycles. The Hall–Kier alpha value is -0.690. The zero-order valence-corrected chi connectivity index (χ0v) is 13.8. The van der Waals surface area contributed by atoms with Crippen molar-refractivity contribution in [3.05, 3.63) is 39.7 Å². The highest BCUT2D eigenvalue weighted by molar-refractivity contribution is 9.10. The Labute approximate surface area is 128 Å². The highest BCUT2D eigenvalue weighted by atomic mass is 79.9. The van der Waals surface area contributed by atoms with Crippen molar-refractivity contribution < 1.29 is 8.42 Å². The van der Waals surface area contributed by atoms with Crippen molar-refractivity contribution >= 4 is 32.0 Å². The summed E-state index contributed by atoms with van der Waals surface area (Å²) in [4.78, 5) is 0. The molecule has 1 aliphatic rings. The molecule has 6 heteroatoms. The van der Waals surface area contributed by atoms with Crippen LogP contribution in [0.2, 0.25) is 0 Å². The van der Waals surface area contributed by atoms with E-state index in [1.54, 1.807) is 6.08 Å². The van der Waals surface area contributed by atoms with Gasteiger partial charge in [-0.15, -0.1) is 0 Å². The highest BCUT2D eigenvalue weighted by Crippen LogP contribution is 2.21. The van der Waals surface area contributed by atoms with E-state index in [9.17, 15) is 8.42 Å². The predicted octanol–water partition coefficient (Wildman–Crippen LogP) is 2.56. The molecular weight excluding hydrogens is 340 g/mol. The first kappa shape index (κ1) is 15.7. The van der Waals surface area contributed by atoms with Crippen LogP contribution >= 0.6 is 15.9 Å². The lowest BCUT2D eigenvalue weighted by Gasteiger charge is -2.34. The zero-order chi connectivity index (χ0) is 14.8. The fourth-order valence-corrected chi connectivity index (χ4v) is 4.27. The number of piperidine rings is 1. The SMILES string of the molecule is CC1CC(N)CCN1S(=O)(=O)C=Cc1cccc(Br)c1. The van der Waals surface area contributed by atoms with Crippen LogP contribution in [0.1, 0.15) is 25.3 Å². The van der Waals surface area contributed by atoms with Gasteiger partial charge in [0.05, 0.1) is 0 Å². The van der Waals surface area contributed by atoms with Gasteiger partial charge in [0.2, 0.25) is 10.0 Å². The average molecular weight is 359 g/mol. The van der Waals surface area contributed by atoms with E-state index in [-0.39, 0.29) is 12.1 Å². The lowest BCUT2D eigenvalue weighted by atomic mass is 10.0. The topological polar surface area (TPSA) is 63.4 Å². The van der Waals surface area contributed by atoms with E-state index in [2.05, 4.69) is 15.9 Å².